The number of likely N-dealkylation sites (N-methyl/N-ethyl adjacent to an activating group) is 1. The largest absolute Gasteiger partial charge is 0.361 e. The number of nitrogens with zero attached hydrogens (tertiary/aromatic N) is 3. The summed E-state index contributed by atoms with van der Waals surface area (Å²) < 4.78 is 13.3. The molecule has 1 aromatic rings. The fourth-order valence-electron chi connectivity index (χ4n) is 4.46. The van der Waals surface area contributed by atoms with Crippen molar-refractivity contribution in [3.8, 4) is 0 Å². The maximum Gasteiger partial charge on any atom is 0.237 e. The number of anilines is 1. The van der Waals surface area contributed by atoms with Crippen molar-refractivity contribution in [2.24, 2.45) is 0 Å². The van der Waals surface area contributed by atoms with E-state index in [4.69, 9.17) is 0 Å². The topological polar surface area (TPSA) is 26.8 Å². The Balaban J connectivity index is 1.88. The summed E-state index contributed by atoms with van der Waals surface area (Å²) in [6.07, 6.45) is 3.06. The third-order valence-corrected chi connectivity index (χ3v) is 5.31. The third kappa shape index (κ3) is 3.14. The van der Waals surface area contributed by atoms with Crippen molar-refractivity contribution in [1.29, 1.82) is 0 Å². The molecule has 2 aliphatic heterocycles. The van der Waals surface area contributed by atoms with Crippen LogP contribution in [-0.2, 0) is 4.79 Å². The number of carbonyl (C=O) groups excluding carboxylic acids is 1. The van der Waals surface area contributed by atoms with E-state index in [1.165, 1.54) is 12.1 Å². The van der Waals surface area contributed by atoms with E-state index in [2.05, 4.69) is 23.6 Å². The molecule has 0 spiro atoms. The summed E-state index contributed by atoms with van der Waals surface area (Å²) in [5.41, 5.74) is 1.00. The second kappa shape index (κ2) is 6.36. The van der Waals surface area contributed by atoms with Crippen LogP contribution in [0.4, 0.5) is 10.1 Å². The summed E-state index contributed by atoms with van der Waals surface area (Å²) in [6.45, 7) is 5.76. The molecular formula is C19H28FN3O. The number of amides is 1. The van der Waals surface area contributed by atoms with Gasteiger partial charge in [-0.15, -0.1) is 0 Å². The second-order valence-corrected chi connectivity index (χ2v) is 7.96. The van der Waals surface area contributed by atoms with Crippen molar-refractivity contribution >= 4 is 11.6 Å². The zero-order chi connectivity index (χ0) is 17.5. The summed E-state index contributed by atoms with van der Waals surface area (Å²) in [5.74, 6) is 0.00481. The maximum absolute atomic E-state index is 13.3. The number of fused-ring (bicyclic) bond motifs is 1. The van der Waals surface area contributed by atoms with Gasteiger partial charge in [-0.25, -0.2) is 4.39 Å². The molecule has 0 N–H and O–H groups in total. The predicted molar refractivity (Wildman–Crippen MR) is 94.7 cm³/mol. The van der Waals surface area contributed by atoms with E-state index in [1.54, 1.807) is 0 Å². The number of hydrogen-bond donors (Lipinski definition) is 0. The van der Waals surface area contributed by atoms with Gasteiger partial charge in [0.25, 0.3) is 0 Å². The van der Waals surface area contributed by atoms with Gasteiger partial charge in [-0.2, -0.15) is 0 Å². The molecule has 4 nitrogen and oxygen atoms in total. The van der Waals surface area contributed by atoms with Gasteiger partial charge in [0.05, 0.1) is 18.6 Å². The summed E-state index contributed by atoms with van der Waals surface area (Å²) in [5, 5.41) is 0. The van der Waals surface area contributed by atoms with Crippen LogP contribution in [0.2, 0.25) is 0 Å². The van der Waals surface area contributed by atoms with E-state index in [0.717, 1.165) is 31.5 Å². The highest BCUT2D eigenvalue weighted by molar-refractivity contribution is 5.79. The molecule has 3 rings (SSSR count). The van der Waals surface area contributed by atoms with Gasteiger partial charge in [0.15, 0.2) is 0 Å². The molecule has 1 aromatic carbocycles. The lowest BCUT2D eigenvalue weighted by Crippen LogP contribution is -2.54. The Morgan fingerprint density at radius 3 is 2.54 bits per heavy atom. The monoisotopic (exact) mass is 333 g/mol. The SMILES string of the molecule is CN(C)CC(=O)N1CCC[C@H]2[C@@H]1CC(C)(C)N2c1ccc(F)cc1. The Morgan fingerprint density at radius 2 is 1.92 bits per heavy atom. The summed E-state index contributed by atoms with van der Waals surface area (Å²) >= 11 is 0. The third-order valence-electron chi connectivity index (χ3n) is 5.31. The Hall–Kier alpha value is -1.62. The molecule has 2 atom stereocenters. The number of carbonyl (C=O) groups is 1. The average Bonchev–Trinajstić information content (AvgIpc) is 2.77. The molecule has 2 saturated heterocycles. The number of benzene rings is 1. The molecule has 0 unspecified atom stereocenters. The van der Waals surface area contributed by atoms with Crippen molar-refractivity contribution < 1.29 is 9.18 Å². The number of rotatable bonds is 3. The Bertz CT molecular complexity index is 599. The average molecular weight is 333 g/mol. The Kier molecular flexibility index (Phi) is 4.56. The van der Waals surface area contributed by atoms with E-state index in [-0.39, 0.29) is 23.3 Å². The lowest BCUT2D eigenvalue weighted by molar-refractivity contribution is -0.135. The van der Waals surface area contributed by atoms with Crippen molar-refractivity contribution in [1.82, 2.24) is 9.80 Å². The quantitative estimate of drug-likeness (QED) is 0.851. The minimum Gasteiger partial charge on any atom is -0.361 e. The molecular weight excluding hydrogens is 305 g/mol. The first kappa shape index (κ1) is 17.2. The molecule has 2 heterocycles. The molecule has 2 aliphatic rings. The predicted octanol–water partition coefficient (Wildman–Crippen LogP) is 2.74. The normalized spacial score (nSPS) is 25.9. The van der Waals surface area contributed by atoms with Gasteiger partial charge < -0.3 is 14.7 Å². The summed E-state index contributed by atoms with van der Waals surface area (Å²) in [4.78, 5) is 19.1. The number of halogens is 1. The highest BCUT2D eigenvalue weighted by atomic mass is 19.1. The number of piperidine rings is 1. The van der Waals surface area contributed by atoms with Crippen molar-refractivity contribution in [2.75, 3.05) is 32.1 Å². The first-order valence-electron chi connectivity index (χ1n) is 8.79. The van der Waals surface area contributed by atoms with Gasteiger partial charge in [0.1, 0.15) is 5.82 Å². The summed E-state index contributed by atoms with van der Waals surface area (Å²) in [7, 11) is 3.87. The molecule has 0 radical (unpaired) electrons. The van der Waals surface area contributed by atoms with Crippen LogP contribution in [0.25, 0.3) is 0 Å². The fraction of sp³-hybridized carbons (Fsp3) is 0.632. The first-order chi connectivity index (χ1) is 11.3. The van der Waals surface area contributed by atoms with E-state index in [1.807, 2.05) is 31.1 Å². The van der Waals surface area contributed by atoms with Gasteiger partial charge in [-0.05, 0) is 71.5 Å². The molecule has 0 aromatic heterocycles. The van der Waals surface area contributed by atoms with Gasteiger partial charge in [-0.3, -0.25) is 4.79 Å². The standard InChI is InChI=1S/C19H28FN3O/c1-19(2)12-17-16(23(19)15-9-7-14(20)8-10-15)6-5-11-22(17)18(24)13-21(3)4/h7-10,16-17H,5-6,11-13H2,1-4H3/t16-,17-/m0/s1. The molecule has 1 amide bonds. The number of likely N-dealkylation sites (tertiary alicyclic amines) is 1. The molecule has 0 bridgehead atoms. The van der Waals surface area contributed by atoms with E-state index in [0.29, 0.717) is 12.6 Å². The van der Waals surface area contributed by atoms with Crippen LogP contribution < -0.4 is 4.90 Å². The molecule has 132 valence electrons. The molecule has 2 fully saturated rings. The van der Waals surface area contributed by atoms with Crippen molar-refractivity contribution in [2.45, 2.75) is 50.7 Å². The van der Waals surface area contributed by atoms with Crippen LogP contribution in [0, 0.1) is 5.82 Å². The maximum atomic E-state index is 13.3. The van der Waals surface area contributed by atoms with Crippen LogP contribution >= 0.6 is 0 Å². The van der Waals surface area contributed by atoms with Crippen molar-refractivity contribution in [3.63, 3.8) is 0 Å². The second-order valence-electron chi connectivity index (χ2n) is 7.96. The van der Waals surface area contributed by atoms with Gasteiger partial charge in [0.2, 0.25) is 5.91 Å². The lowest BCUT2D eigenvalue weighted by atomic mass is 9.94. The van der Waals surface area contributed by atoms with Crippen LogP contribution in [0.15, 0.2) is 24.3 Å². The minimum absolute atomic E-state index is 0.0475. The van der Waals surface area contributed by atoms with Crippen LogP contribution in [0.1, 0.15) is 33.1 Å². The Morgan fingerprint density at radius 1 is 1.25 bits per heavy atom. The Labute approximate surface area is 144 Å². The van der Waals surface area contributed by atoms with Crippen LogP contribution in [-0.4, -0.2) is 60.5 Å². The fourth-order valence-corrected chi connectivity index (χ4v) is 4.46. The van der Waals surface area contributed by atoms with E-state index in [9.17, 15) is 9.18 Å². The summed E-state index contributed by atoms with van der Waals surface area (Å²) in [6, 6.07) is 7.32. The van der Waals surface area contributed by atoms with Crippen molar-refractivity contribution in [3.05, 3.63) is 30.1 Å². The first-order valence-corrected chi connectivity index (χ1v) is 8.79. The molecule has 24 heavy (non-hydrogen) atoms. The molecule has 5 heteroatoms. The van der Waals surface area contributed by atoms with E-state index >= 15 is 0 Å². The van der Waals surface area contributed by atoms with Gasteiger partial charge in [-0.1, -0.05) is 0 Å². The molecule has 0 aliphatic carbocycles. The van der Waals surface area contributed by atoms with Crippen LogP contribution in [0.3, 0.4) is 0 Å². The minimum atomic E-state index is -0.210. The number of hydrogen-bond acceptors (Lipinski definition) is 3. The van der Waals surface area contributed by atoms with Crippen LogP contribution in [0.5, 0.6) is 0 Å². The smallest absolute Gasteiger partial charge is 0.237 e. The highest BCUT2D eigenvalue weighted by Gasteiger charge is 2.50. The zero-order valence-corrected chi connectivity index (χ0v) is 15.1. The lowest BCUT2D eigenvalue weighted by Gasteiger charge is -2.42. The van der Waals surface area contributed by atoms with E-state index < -0.39 is 0 Å². The molecule has 0 saturated carbocycles. The zero-order valence-electron chi connectivity index (χ0n) is 15.1. The van der Waals surface area contributed by atoms with Gasteiger partial charge in [0, 0.05) is 17.8 Å². The highest BCUT2D eigenvalue weighted by Crippen LogP contribution is 2.43. The van der Waals surface area contributed by atoms with Gasteiger partial charge >= 0.3 is 0 Å².